The molecule has 0 aromatic carbocycles. The van der Waals surface area contributed by atoms with Crippen molar-refractivity contribution in [3.8, 4) is 0 Å². The highest BCUT2D eigenvalue weighted by molar-refractivity contribution is 7.13. The predicted octanol–water partition coefficient (Wildman–Crippen LogP) is 1.64. The van der Waals surface area contributed by atoms with Crippen LogP contribution in [0.4, 0.5) is 5.13 Å². The molecule has 4 nitrogen and oxygen atoms in total. The van der Waals surface area contributed by atoms with Crippen molar-refractivity contribution in [1.29, 1.82) is 0 Å². The Morgan fingerprint density at radius 2 is 2.40 bits per heavy atom. The average molecular weight is 227 g/mol. The van der Waals surface area contributed by atoms with Crippen LogP contribution in [0.15, 0.2) is 5.38 Å². The van der Waals surface area contributed by atoms with Gasteiger partial charge in [-0.1, -0.05) is 13.3 Å². The third-order valence-electron chi connectivity index (χ3n) is 1.96. The second kappa shape index (κ2) is 6.40. The van der Waals surface area contributed by atoms with Gasteiger partial charge >= 0.3 is 0 Å². The molecule has 5 heteroatoms. The lowest BCUT2D eigenvalue weighted by molar-refractivity contribution is -0.120. The molecule has 0 saturated heterocycles. The van der Waals surface area contributed by atoms with Crippen molar-refractivity contribution in [2.24, 2.45) is 0 Å². The van der Waals surface area contributed by atoms with Gasteiger partial charge in [0.15, 0.2) is 5.13 Å². The number of thiazole rings is 1. The second-order valence-corrected chi connectivity index (χ2v) is 4.13. The third-order valence-corrected chi connectivity index (χ3v) is 2.87. The molecule has 0 aliphatic carbocycles. The molecule has 0 aliphatic rings. The lowest BCUT2D eigenvalue weighted by atomic mass is 10.3. The molecule has 1 amide bonds. The zero-order valence-electron chi connectivity index (χ0n) is 9.17. The van der Waals surface area contributed by atoms with Gasteiger partial charge in [-0.15, -0.1) is 11.3 Å². The lowest BCUT2D eigenvalue weighted by Crippen LogP contribution is -2.26. The Kier molecular flexibility index (Phi) is 5.10. The number of hydrogen-bond acceptors (Lipinski definition) is 4. The Morgan fingerprint density at radius 1 is 1.60 bits per heavy atom. The largest absolute Gasteiger partial charge is 0.365 e. The van der Waals surface area contributed by atoms with Crippen LogP contribution in [0, 0.1) is 0 Å². The van der Waals surface area contributed by atoms with E-state index in [9.17, 15) is 4.79 Å². The van der Waals surface area contributed by atoms with Crippen molar-refractivity contribution >= 4 is 22.4 Å². The summed E-state index contributed by atoms with van der Waals surface area (Å²) >= 11 is 1.52. The summed E-state index contributed by atoms with van der Waals surface area (Å²) in [6.07, 6.45) is 2.51. The molecule has 1 aromatic heterocycles. The Hall–Kier alpha value is -1.10. The number of rotatable bonds is 6. The normalized spacial score (nSPS) is 10.0. The minimum absolute atomic E-state index is 0.0522. The van der Waals surface area contributed by atoms with E-state index in [0.29, 0.717) is 6.42 Å². The maximum absolute atomic E-state index is 11.4. The van der Waals surface area contributed by atoms with E-state index in [4.69, 9.17) is 0 Å². The molecule has 0 aliphatic heterocycles. The average Bonchev–Trinajstić information content (AvgIpc) is 2.66. The summed E-state index contributed by atoms with van der Waals surface area (Å²) < 4.78 is 0. The molecule has 0 unspecified atom stereocenters. The highest BCUT2D eigenvalue weighted by Gasteiger charge is 2.05. The summed E-state index contributed by atoms with van der Waals surface area (Å²) in [5.74, 6) is 0.0522. The summed E-state index contributed by atoms with van der Waals surface area (Å²) in [4.78, 5) is 15.7. The quantitative estimate of drug-likeness (QED) is 0.726. The molecular weight excluding hydrogens is 210 g/mol. The number of carbonyl (C=O) groups excluding carboxylic acids is 1. The first kappa shape index (κ1) is 12.0. The Bertz CT molecular complexity index is 311. The molecule has 1 aromatic rings. The molecule has 84 valence electrons. The first-order chi connectivity index (χ1) is 7.26. The molecule has 0 radical (unpaired) electrons. The van der Waals surface area contributed by atoms with Crippen LogP contribution in [0.3, 0.4) is 0 Å². The van der Waals surface area contributed by atoms with E-state index in [1.165, 1.54) is 11.3 Å². The topological polar surface area (TPSA) is 54.0 Å². The zero-order valence-corrected chi connectivity index (χ0v) is 9.99. The van der Waals surface area contributed by atoms with E-state index >= 15 is 0 Å². The van der Waals surface area contributed by atoms with Gasteiger partial charge < -0.3 is 10.6 Å². The first-order valence-electron chi connectivity index (χ1n) is 5.15. The summed E-state index contributed by atoms with van der Waals surface area (Å²) in [5.41, 5.74) is 0.832. The number of nitrogens with zero attached hydrogens (tertiary/aromatic N) is 1. The van der Waals surface area contributed by atoms with Crippen molar-refractivity contribution in [1.82, 2.24) is 10.3 Å². The Labute approximate surface area is 94.1 Å². The Morgan fingerprint density at radius 3 is 3.00 bits per heavy atom. The van der Waals surface area contributed by atoms with Gasteiger partial charge in [0, 0.05) is 19.0 Å². The highest BCUT2D eigenvalue weighted by atomic mass is 32.1. The molecule has 2 N–H and O–H groups in total. The van der Waals surface area contributed by atoms with E-state index in [0.717, 1.165) is 30.2 Å². The molecule has 15 heavy (non-hydrogen) atoms. The van der Waals surface area contributed by atoms with Gasteiger partial charge in [-0.05, 0) is 6.42 Å². The number of anilines is 1. The van der Waals surface area contributed by atoms with Crippen molar-refractivity contribution in [3.05, 3.63) is 11.1 Å². The van der Waals surface area contributed by atoms with Crippen molar-refractivity contribution < 1.29 is 4.79 Å². The fourth-order valence-electron chi connectivity index (χ4n) is 1.13. The maximum atomic E-state index is 11.4. The van der Waals surface area contributed by atoms with Crippen LogP contribution in [-0.2, 0) is 11.2 Å². The number of aromatic nitrogens is 1. The van der Waals surface area contributed by atoms with Crippen LogP contribution < -0.4 is 10.6 Å². The molecule has 0 spiro atoms. The summed E-state index contributed by atoms with van der Waals surface area (Å²) in [6.45, 7) is 2.87. The number of hydrogen-bond donors (Lipinski definition) is 2. The minimum atomic E-state index is 0.0522. The Balaban J connectivity index is 2.31. The smallest absolute Gasteiger partial charge is 0.226 e. The van der Waals surface area contributed by atoms with E-state index in [1.807, 2.05) is 12.4 Å². The van der Waals surface area contributed by atoms with Gasteiger partial charge in [0.1, 0.15) is 0 Å². The summed E-state index contributed by atoms with van der Waals surface area (Å²) in [7, 11) is 1.82. The van der Waals surface area contributed by atoms with Crippen molar-refractivity contribution in [2.45, 2.75) is 26.2 Å². The van der Waals surface area contributed by atoms with Gasteiger partial charge in [-0.2, -0.15) is 0 Å². The standard InChI is InChI=1S/C10H17N3OS/c1-3-4-5-12-9(14)6-8-7-15-10(11-2)13-8/h7H,3-6H2,1-2H3,(H,11,13)(H,12,14). The SMILES string of the molecule is CCCCNC(=O)Cc1csc(NC)n1. The van der Waals surface area contributed by atoms with E-state index in [2.05, 4.69) is 22.5 Å². The van der Waals surface area contributed by atoms with Crippen LogP contribution in [-0.4, -0.2) is 24.5 Å². The second-order valence-electron chi connectivity index (χ2n) is 3.27. The predicted molar refractivity (Wildman–Crippen MR) is 63.3 cm³/mol. The minimum Gasteiger partial charge on any atom is -0.365 e. The van der Waals surface area contributed by atoms with E-state index in [1.54, 1.807) is 0 Å². The van der Waals surface area contributed by atoms with Crippen molar-refractivity contribution in [3.63, 3.8) is 0 Å². The van der Waals surface area contributed by atoms with Gasteiger partial charge in [0.25, 0.3) is 0 Å². The molecule has 1 heterocycles. The highest BCUT2D eigenvalue weighted by Crippen LogP contribution is 2.14. The zero-order chi connectivity index (χ0) is 11.1. The molecule has 0 bridgehead atoms. The van der Waals surface area contributed by atoms with Crippen LogP contribution in [0.2, 0.25) is 0 Å². The van der Waals surface area contributed by atoms with Gasteiger partial charge in [0.05, 0.1) is 12.1 Å². The van der Waals surface area contributed by atoms with Gasteiger partial charge in [0.2, 0.25) is 5.91 Å². The summed E-state index contributed by atoms with van der Waals surface area (Å²) in [5, 5.41) is 8.57. The molecular formula is C10H17N3OS. The molecule has 1 rings (SSSR count). The van der Waals surface area contributed by atoms with Gasteiger partial charge in [-0.3, -0.25) is 4.79 Å². The number of carbonyl (C=O) groups is 1. The fraction of sp³-hybridized carbons (Fsp3) is 0.600. The van der Waals surface area contributed by atoms with Crippen LogP contribution in [0.5, 0.6) is 0 Å². The van der Waals surface area contributed by atoms with E-state index < -0.39 is 0 Å². The molecule has 0 fully saturated rings. The van der Waals surface area contributed by atoms with Crippen LogP contribution in [0.25, 0.3) is 0 Å². The lowest BCUT2D eigenvalue weighted by Gasteiger charge is -2.01. The fourth-order valence-corrected chi connectivity index (χ4v) is 1.81. The van der Waals surface area contributed by atoms with Gasteiger partial charge in [-0.25, -0.2) is 4.98 Å². The number of unbranched alkanes of at least 4 members (excludes halogenated alkanes) is 1. The number of nitrogens with one attached hydrogen (secondary N) is 2. The van der Waals surface area contributed by atoms with Crippen molar-refractivity contribution in [2.75, 3.05) is 18.9 Å². The number of amides is 1. The van der Waals surface area contributed by atoms with Crippen LogP contribution in [0.1, 0.15) is 25.5 Å². The van der Waals surface area contributed by atoms with E-state index in [-0.39, 0.29) is 5.91 Å². The first-order valence-corrected chi connectivity index (χ1v) is 6.03. The molecule has 0 saturated carbocycles. The monoisotopic (exact) mass is 227 g/mol. The third kappa shape index (κ3) is 4.29. The maximum Gasteiger partial charge on any atom is 0.226 e. The summed E-state index contributed by atoms with van der Waals surface area (Å²) in [6, 6.07) is 0. The molecule has 0 atom stereocenters. The van der Waals surface area contributed by atoms with Crippen LogP contribution >= 0.6 is 11.3 Å².